The van der Waals surface area contributed by atoms with E-state index >= 15 is 0 Å². The molecule has 0 unspecified atom stereocenters. The lowest BCUT2D eigenvalue weighted by Gasteiger charge is -2.01. The maximum Gasteiger partial charge on any atom is 0.0147 e. The molecule has 1 aromatic heterocycles. The standard InChI is InChI=1S/C14H26N2/c15-12-8-6-4-2-1-3-5-7-10-14-11-9-13-16-14/h9,11,13,16H,1-8,10,12,15H2. The van der Waals surface area contributed by atoms with Crippen molar-refractivity contribution in [1.29, 1.82) is 0 Å². The molecule has 0 radical (unpaired) electrons. The summed E-state index contributed by atoms with van der Waals surface area (Å²) in [5.41, 5.74) is 6.83. The van der Waals surface area contributed by atoms with E-state index in [0.717, 1.165) is 6.54 Å². The van der Waals surface area contributed by atoms with E-state index in [9.17, 15) is 0 Å². The van der Waals surface area contributed by atoms with Crippen molar-refractivity contribution in [2.45, 2.75) is 57.8 Å². The van der Waals surface area contributed by atoms with Crippen LogP contribution in [-0.4, -0.2) is 11.5 Å². The van der Waals surface area contributed by atoms with Gasteiger partial charge in [-0.1, -0.05) is 38.5 Å². The average Bonchev–Trinajstić information content (AvgIpc) is 2.80. The van der Waals surface area contributed by atoms with Crippen LogP contribution in [0.2, 0.25) is 0 Å². The van der Waals surface area contributed by atoms with E-state index in [4.69, 9.17) is 5.73 Å². The number of aromatic nitrogens is 1. The van der Waals surface area contributed by atoms with E-state index in [-0.39, 0.29) is 0 Å². The molecule has 0 spiro atoms. The van der Waals surface area contributed by atoms with Crippen molar-refractivity contribution in [2.24, 2.45) is 5.73 Å². The fourth-order valence-electron chi connectivity index (χ4n) is 2.04. The topological polar surface area (TPSA) is 41.8 Å². The van der Waals surface area contributed by atoms with Crippen LogP contribution in [0.4, 0.5) is 0 Å². The Morgan fingerprint density at radius 2 is 1.50 bits per heavy atom. The fraction of sp³-hybridized carbons (Fsp3) is 0.714. The first kappa shape index (κ1) is 13.3. The molecule has 16 heavy (non-hydrogen) atoms. The molecule has 2 nitrogen and oxygen atoms in total. The largest absolute Gasteiger partial charge is 0.365 e. The second-order valence-corrected chi connectivity index (χ2v) is 4.56. The summed E-state index contributed by atoms with van der Waals surface area (Å²) in [7, 11) is 0. The Hall–Kier alpha value is -0.760. The highest BCUT2D eigenvalue weighted by Gasteiger charge is 1.94. The van der Waals surface area contributed by atoms with Crippen molar-refractivity contribution in [3.8, 4) is 0 Å². The molecule has 0 aliphatic rings. The third kappa shape index (κ3) is 6.67. The zero-order valence-electron chi connectivity index (χ0n) is 10.4. The summed E-state index contributed by atoms with van der Waals surface area (Å²) < 4.78 is 0. The number of hydrogen-bond donors (Lipinski definition) is 2. The smallest absolute Gasteiger partial charge is 0.0147 e. The van der Waals surface area contributed by atoms with Crippen LogP contribution in [0, 0.1) is 0 Å². The average molecular weight is 222 g/mol. The maximum atomic E-state index is 5.45. The Bertz CT molecular complexity index is 229. The van der Waals surface area contributed by atoms with Crippen LogP contribution in [0.3, 0.4) is 0 Å². The molecule has 1 heterocycles. The molecule has 0 aromatic carbocycles. The number of nitrogens with two attached hydrogens (primary N) is 1. The van der Waals surface area contributed by atoms with Gasteiger partial charge >= 0.3 is 0 Å². The van der Waals surface area contributed by atoms with E-state index in [2.05, 4.69) is 17.1 Å². The number of aryl methyl sites for hydroxylation is 1. The van der Waals surface area contributed by atoms with Gasteiger partial charge in [-0.25, -0.2) is 0 Å². The molecule has 0 saturated carbocycles. The summed E-state index contributed by atoms with van der Waals surface area (Å²) in [6, 6.07) is 4.25. The summed E-state index contributed by atoms with van der Waals surface area (Å²) in [5, 5.41) is 0. The summed E-state index contributed by atoms with van der Waals surface area (Å²) in [4.78, 5) is 3.25. The second-order valence-electron chi connectivity index (χ2n) is 4.56. The molecule has 0 amide bonds. The van der Waals surface area contributed by atoms with Crippen LogP contribution >= 0.6 is 0 Å². The highest BCUT2D eigenvalue weighted by molar-refractivity contribution is 5.03. The highest BCUT2D eigenvalue weighted by Crippen LogP contribution is 2.10. The number of rotatable bonds is 10. The van der Waals surface area contributed by atoms with E-state index in [1.54, 1.807) is 0 Å². The van der Waals surface area contributed by atoms with Gasteiger partial charge in [-0.15, -0.1) is 0 Å². The van der Waals surface area contributed by atoms with Gasteiger partial charge < -0.3 is 10.7 Å². The third-order valence-electron chi connectivity index (χ3n) is 3.06. The van der Waals surface area contributed by atoms with Gasteiger partial charge in [0.25, 0.3) is 0 Å². The van der Waals surface area contributed by atoms with Crippen LogP contribution in [0.5, 0.6) is 0 Å². The highest BCUT2D eigenvalue weighted by atomic mass is 14.7. The lowest BCUT2D eigenvalue weighted by atomic mass is 10.1. The number of hydrogen-bond acceptors (Lipinski definition) is 1. The predicted molar refractivity (Wildman–Crippen MR) is 70.5 cm³/mol. The maximum absolute atomic E-state index is 5.45. The predicted octanol–water partition coefficient (Wildman–Crippen LogP) is 3.64. The van der Waals surface area contributed by atoms with Crippen molar-refractivity contribution < 1.29 is 0 Å². The summed E-state index contributed by atoms with van der Waals surface area (Å²) in [6.45, 7) is 0.857. The zero-order chi connectivity index (χ0) is 11.5. The van der Waals surface area contributed by atoms with Crippen LogP contribution in [-0.2, 0) is 6.42 Å². The SMILES string of the molecule is NCCCCCCCCCCc1ccc[nH]1. The Kier molecular flexibility index (Phi) is 7.87. The third-order valence-corrected chi connectivity index (χ3v) is 3.06. The molecule has 2 heteroatoms. The quantitative estimate of drug-likeness (QED) is 0.583. The first-order chi connectivity index (χ1) is 7.93. The zero-order valence-corrected chi connectivity index (χ0v) is 10.4. The molecule has 3 N–H and O–H groups in total. The Labute approximate surface area is 99.6 Å². The molecule has 0 aliphatic heterocycles. The van der Waals surface area contributed by atoms with Crippen LogP contribution in [0.15, 0.2) is 18.3 Å². The molecule has 0 atom stereocenters. The first-order valence-electron chi connectivity index (χ1n) is 6.76. The lowest BCUT2D eigenvalue weighted by molar-refractivity contribution is 0.569. The molecule has 92 valence electrons. The molecular formula is C14H26N2. The molecule has 0 aliphatic carbocycles. The number of nitrogens with one attached hydrogen (secondary N) is 1. The molecular weight excluding hydrogens is 196 g/mol. The van der Waals surface area contributed by atoms with Crippen molar-refractivity contribution >= 4 is 0 Å². The Morgan fingerprint density at radius 3 is 2.06 bits per heavy atom. The monoisotopic (exact) mass is 222 g/mol. The van der Waals surface area contributed by atoms with Crippen LogP contribution in [0.1, 0.15) is 57.1 Å². The number of unbranched alkanes of at least 4 members (excludes halogenated alkanes) is 7. The number of H-pyrrole nitrogens is 1. The van der Waals surface area contributed by atoms with Gasteiger partial charge in [-0.05, 0) is 37.9 Å². The molecule has 1 aromatic rings. The van der Waals surface area contributed by atoms with Crippen molar-refractivity contribution in [1.82, 2.24) is 4.98 Å². The Balaban J connectivity index is 1.78. The van der Waals surface area contributed by atoms with Gasteiger partial charge in [0.15, 0.2) is 0 Å². The van der Waals surface area contributed by atoms with Crippen molar-refractivity contribution in [3.63, 3.8) is 0 Å². The summed E-state index contributed by atoms with van der Waals surface area (Å²) in [5.74, 6) is 0. The minimum Gasteiger partial charge on any atom is -0.365 e. The molecule has 0 fully saturated rings. The number of aromatic amines is 1. The second kappa shape index (κ2) is 9.46. The van der Waals surface area contributed by atoms with Crippen molar-refractivity contribution in [2.75, 3.05) is 6.54 Å². The lowest BCUT2D eigenvalue weighted by Crippen LogP contribution is -1.97. The van der Waals surface area contributed by atoms with Crippen LogP contribution < -0.4 is 5.73 Å². The van der Waals surface area contributed by atoms with E-state index in [1.165, 1.54) is 63.5 Å². The minimum absolute atomic E-state index is 0.857. The van der Waals surface area contributed by atoms with E-state index in [0.29, 0.717) is 0 Å². The molecule has 0 bridgehead atoms. The van der Waals surface area contributed by atoms with Gasteiger partial charge in [0.2, 0.25) is 0 Å². The van der Waals surface area contributed by atoms with Crippen LogP contribution in [0.25, 0.3) is 0 Å². The van der Waals surface area contributed by atoms with Gasteiger partial charge in [0, 0.05) is 11.9 Å². The summed E-state index contributed by atoms with van der Waals surface area (Å²) in [6.07, 6.45) is 14.0. The Morgan fingerprint density at radius 1 is 0.875 bits per heavy atom. The fourth-order valence-corrected chi connectivity index (χ4v) is 2.04. The van der Waals surface area contributed by atoms with Gasteiger partial charge in [-0.3, -0.25) is 0 Å². The molecule has 0 saturated heterocycles. The van der Waals surface area contributed by atoms with E-state index in [1.807, 2.05) is 6.20 Å². The molecule has 1 rings (SSSR count). The first-order valence-corrected chi connectivity index (χ1v) is 6.76. The van der Waals surface area contributed by atoms with E-state index < -0.39 is 0 Å². The minimum atomic E-state index is 0.857. The van der Waals surface area contributed by atoms with Gasteiger partial charge in [0.05, 0.1) is 0 Å². The van der Waals surface area contributed by atoms with Gasteiger partial charge in [0.1, 0.15) is 0 Å². The summed E-state index contributed by atoms with van der Waals surface area (Å²) >= 11 is 0. The normalized spacial score (nSPS) is 10.8. The van der Waals surface area contributed by atoms with Crippen molar-refractivity contribution in [3.05, 3.63) is 24.0 Å². The van der Waals surface area contributed by atoms with Gasteiger partial charge in [-0.2, -0.15) is 0 Å².